The summed E-state index contributed by atoms with van der Waals surface area (Å²) in [5, 5.41) is 13.2. The molecule has 6 nitrogen and oxygen atoms in total. The summed E-state index contributed by atoms with van der Waals surface area (Å²) in [6.45, 7) is 4.23. The first-order valence-corrected chi connectivity index (χ1v) is 7.33. The van der Waals surface area contributed by atoms with Gasteiger partial charge in [0, 0.05) is 43.4 Å². The quantitative estimate of drug-likeness (QED) is 0.727. The van der Waals surface area contributed by atoms with E-state index in [1.54, 1.807) is 0 Å². The van der Waals surface area contributed by atoms with Crippen LogP contribution in [0.2, 0.25) is 0 Å². The Labute approximate surface area is 130 Å². The van der Waals surface area contributed by atoms with E-state index < -0.39 is 0 Å². The summed E-state index contributed by atoms with van der Waals surface area (Å²) < 4.78 is 0. The van der Waals surface area contributed by atoms with E-state index >= 15 is 0 Å². The second-order valence-electron chi connectivity index (χ2n) is 5.37. The Morgan fingerprint density at radius 2 is 2.23 bits per heavy atom. The Bertz CT molecular complexity index is 623. The van der Waals surface area contributed by atoms with Crippen LogP contribution in [-0.4, -0.2) is 48.2 Å². The van der Waals surface area contributed by atoms with Gasteiger partial charge in [-0.1, -0.05) is 12.1 Å². The number of nitrogens with one attached hydrogen (secondary N) is 3. The number of likely N-dealkylation sites (N-methyl/N-ethyl adjacent to an activating group) is 2. The number of aromatic nitrogens is 2. The van der Waals surface area contributed by atoms with Crippen molar-refractivity contribution in [3.05, 3.63) is 36.0 Å². The highest BCUT2D eigenvalue weighted by Crippen LogP contribution is 2.24. The van der Waals surface area contributed by atoms with Gasteiger partial charge in [0.1, 0.15) is 0 Å². The molecule has 2 rings (SSSR count). The molecule has 0 saturated heterocycles. The predicted octanol–water partition coefficient (Wildman–Crippen LogP) is 1.69. The number of carbonyl (C=O) groups excluding carboxylic acids is 1. The van der Waals surface area contributed by atoms with Crippen LogP contribution in [0.3, 0.4) is 0 Å². The van der Waals surface area contributed by atoms with E-state index in [1.807, 2.05) is 37.5 Å². The van der Waals surface area contributed by atoms with Gasteiger partial charge in [0.25, 0.3) is 0 Å². The number of anilines is 1. The maximum atomic E-state index is 11.2. The molecule has 1 amide bonds. The minimum atomic E-state index is -0.0752. The van der Waals surface area contributed by atoms with E-state index in [0.717, 1.165) is 42.1 Å². The van der Waals surface area contributed by atoms with Crippen LogP contribution in [0.4, 0.5) is 5.69 Å². The molecule has 2 aromatic rings. The summed E-state index contributed by atoms with van der Waals surface area (Å²) in [6, 6.07) is 7.76. The zero-order valence-corrected chi connectivity index (χ0v) is 13.3. The molecule has 0 aliphatic carbocycles. The van der Waals surface area contributed by atoms with Gasteiger partial charge in [-0.2, -0.15) is 5.10 Å². The average molecular weight is 301 g/mol. The third-order valence-corrected chi connectivity index (χ3v) is 3.37. The number of H-pyrrole nitrogens is 1. The molecular formula is C16H23N5O. The molecule has 3 N–H and O–H groups in total. The lowest BCUT2D eigenvalue weighted by Gasteiger charge is -2.16. The van der Waals surface area contributed by atoms with Crippen LogP contribution < -0.4 is 10.6 Å². The van der Waals surface area contributed by atoms with Gasteiger partial charge >= 0.3 is 0 Å². The Balaban J connectivity index is 2.16. The molecule has 6 heteroatoms. The Kier molecular flexibility index (Phi) is 5.68. The molecule has 1 aromatic carbocycles. The van der Waals surface area contributed by atoms with Crippen LogP contribution in [-0.2, 0) is 11.3 Å². The largest absolute Gasteiger partial charge is 0.326 e. The summed E-state index contributed by atoms with van der Waals surface area (Å²) in [4.78, 5) is 13.4. The zero-order valence-electron chi connectivity index (χ0n) is 13.3. The van der Waals surface area contributed by atoms with Crippen LogP contribution in [0, 0.1) is 0 Å². The first-order chi connectivity index (χ1) is 10.6. The number of amides is 1. The second kappa shape index (κ2) is 7.72. The van der Waals surface area contributed by atoms with Gasteiger partial charge in [-0.15, -0.1) is 0 Å². The molecule has 0 fully saturated rings. The molecule has 0 aliphatic rings. The molecule has 0 bridgehead atoms. The predicted molar refractivity (Wildman–Crippen MR) is 88.6 cm³/mol. The van der Waals surface area contributed by atoms with E-state index in [-0.39, 0.29) is 5.91 Å². The first-order valence-electron chi connectivity index (χ1n) is 7.33. The monoisotopic (exact) mass is 301 g/mol. The first kappa shape index (κ1) is 16.2. The molecule has 1 heterocycles. The highest BCUT2D eigenvalue weighted by molar-refractivity contribution is 5.89. The maximum Gasteiger partial charge on any atom is 0.221 e. The summed E-state index contributed by atoms with van der Waals surface area (Å²) in [6.07, 6.45) is 1.86. The minimum absolute atomic E-state index is 0.0752. The van der Waals surface area contributed by atoms with E-state index in [2.05, 4.69) is 32.8 Å². The van der Waals surface area contributed by atoms with Crippen molar-refractivity contribution in [2.24, 2.45) is 0 Å². The van der Waals surface area contributed by atoms with Gasteiger partial charge in [-0.3, -0.25) is 9.89 Å². The van der Waals surface area contributed by atoms with Gasteiger partial charge in [0.2, 0.25) is 5.91 Å². The molecule has 0 radical (unpaired) electrons. The fraction of sp³-hybridized carbons (Fsp3) is 0.375. The lowest BCUT2D eigenvalue weighted by molar-refractivity contribution is -0.114. The third-order valence-electron chi connectivity index (χ3n) is 3.37. The lowest BCUT2D eigenvalue weighted by Crippen LogP contribution is -2.26. The number of rotatable bonds is 7. The normalized spacial score (nSPS) is 10.9. The van der Waals surface area contributed by atoms with Crippen LogP contribution in [0.25, 0.3) is 11.3 Å². The number of aromatic amines is 1. The third kappa shape index (κ3) is 4.41. The number of hydrogen-bond donors (Lipinski definition) is 3. The van der Waals surface area contributed by atoms with Crippen LogP contribution in [0.5, 0.6) is 0 Å². The molecule has 22 heavy (non-hydrogen) atoms. The fourth-order valence-electron chi connectivity index (χ4n) is 2.31. The van der Waals surface area contributed by atoms with E-state index in [9.17, 15) is 4.79 Å². The van der Waals surface area contributed by atoms with E-state index in [0.29, 0.717) is 0 Å². The van der Waals surface area contributed by atoms with Crippen molar-refractivity contribution < 1.29 is 4.79 Å². The summed E-state index contributed by atoms with van der Waals surface area (Å²) >= 11 is 0. The Hall–Kier alpha value is -2.18. The van der Waals surface area contributed by atoms with Crippen molar-refractivity contribution in [1.82, 2.24) is 20.4 Å². The summed E-state index contributed by atoms with van der Waals surface area (Å²) in [5.41, 5.74) is 3.93. The molecular weight excluding hydrogens is 278 g/mol. The van der Waals surface area contributed by atoms with Crippen molar-refractivity contribution >= 4 is 11.6 Å². The molecule has 1 aromatic heterocycles. The Morgan fingerprint density at radius 3 is 2.95 bits per heavy atom. The smallest absolute Gasteiger partial charge is 0.221 e. The van der Waals surface area contributed by atoms with Gasteiger partial charge in [-0.05, 0) is 26.2 Å². The SMILES string of the molecule is CNCCN(C)Cc1cn[nH]c1-c1cccc(NC(C)=O)c1. The minimum Gasteiger partial charge on any atom is -0.326 e. The van der Waals surface area contributed by atoms with E-state index in [4.69, 9.17) is 0 Å². The van der Waals surface area contributed by atoms with Gasteiger partial charge in [0.05, 0.1) is 11.9 Å². The van der Waals surface area contributed by atoms with Crippen LogP contribution in [0.1, 0.15) is 12.5 Å². The molecule has 0 aliphatic heterocycles. The highest BCUT2D eigenvalue weighted by atomic mass is 16.1. The maximum absolute atomic E-state index is 11.2. The molecule has 0 spiro atoms. The number of benzene rings is 1. The second-order valence-corrected chi connectivity index (χ2v) is 5.37. The average Bonchev–Trinajstić information content (AvgIpc) is 2.92. The molecule has 0 saturated carbocycles. The topological polar surface area (TPSA) is 73.1 Å². The standard InChI is InChI=1S/C16H23N5O/c1-12(22)19-15-6-4-5-13(9-15)16-14(10-18-20-16)11-21(3)8-7-17-2/h4-6,9-10,17H,7-8,11H2,1-3H3,(H,18,20)(H,19,22). The number of hydrogen-bond acceptors (Lipinski definition) is 4. The molecule has 118 valence electrons. The van der Waals surface area contributed by atoms with Crippen molar-refractivity contribution in [2.75, 3.05) is 32.5 Å². The zero-order chi connectivity index (χ0) is 15.9. The highest BCUT2D eigenvalue weighted by Gasteiger charge is 2.10. The van der Waals surface area contributed by atoms with Crippen molar-refractivity contribution in [3.8, 4) is 11.3 Å². The lowest BCUT2D eigenvalue weighted by atomic mass is 10.1. The van der Waals surface area contributed by atoms with E-state index in [1.165, 1.54) is 6.92 Å². The van der Waals surface area contributed by atoms with Crippen molar-refractivity contribution in [3.63, 3.8) is 0 Å². The summed E-state index contributed by atoms with van der Waals surface area (Å²) in [5.74, 6) is -0.0752. The van der Waals surface area contributed by atoms with Crippen molar-refractivity contribution in [2.45, 2.75) is 13.5 Å². The van der Waals surface area contributed by atoms with Gasteiger partial charge in [0.15, 0.2) is 0 Å². The van der Waals surface area contributed by atoms with Crippen molar-refractivity contribution in [1.29, 1.82) is 0 Å². The molecule has 0 atom stereocenters. The van der Waals surface area contributed by atoms with Crippen LogP contribution in [0.15, 0.2) is 30.5 Å². The number of carbonyl (C=O) groups is 1. The number of nitrogens with zero attached hydrogens (tertiary/aromatic N) is 2. The van der Waals surface area contributed by atoms with Gasteiger partial charge < -0.3 is 15.5 Å². The summed E-state index contributed by atoms with van der Waals surface area (Å²) in [7, 11) is 4.03. The Morgan fingerprint density at radius 1 is 1.41 bits per heavy atom. The fourth-order valence-corrected chi connectivity index (χ4v) is 2.31. The van der Waals surface area contributed by atoms with Gasteiger partial charge in [-0.25, -0.2) is 0 Å². The van der Waals surface area contributed by atoms with Crippen LogP contribution >= 0.6 is 0 Å². The molecule has 0 unspecified atom stereocenters.